The van der Waals surface area contributed by atoms with Gasteiger partial charge in [-0.1, -0.05) is 12.5 Å². The number of aliphatic hydroxyl groups excluding tert-OH is 1. The second-order valence-electron chi connectivity index (χ2n) is 8.49. The zero-order valence-electron chi connectivity index (χ0n) is 18.3. The van der Waals surface area contributed by atoms with Crippen LogP contribution in [0.25, 0.3) is 0 Å². The maximum absolute atomic E-state index is 11.2. The van der Waals surface area contributed by atoms with Gasteiger partial charge in [0.15, 0.2) is 18.2 Å². The molecule has 0 radical (unpaired) electrons. The van der Waals surface area contributed by atoms with Crippen LogP contribution in [0.15, 0.2) is 18.2 Å². The van der Waals surface area contributed by atoms with E-state index < -0.39 is 13.9 Å². The molecule has 0 bridgehead atoms. The van der Waals surface area contributed by atoms with Crippen molar-refractivity contribution >= 4 is 7.82 Å². The Morgan fingerprint density at radius 3 is 2.55 bits per heavy atom. The molecule has 1 aliphatic carbocycles. The number of likely N-dealkylation sites (tertiary alicyclic amines) is 1. The van der Waals surface area contributed by atoms with Crippen molar-refractivity contribution in [2.24, 2.45) is 0 Å². The molecule has 1 heterocycles. The average Bonchev–Trinajstić information content (AvgIpc) is 3.14. The summed E-state index contributed by atoms with van der Waals surface area (Å²) in [5, 5.41) is 10.2. The van der Waals surface area contributed by atoms with E-state index in [1.165, 1.54) is 0 Å². The lowest BCUT2D eigenvalue weighted by Crippen LogP contribution is -2.61. The van der Waals surface area contributed by atoms with Gasteiger partial charge in [-0.15, -0.1) is 0 Å². The number of nitrogens with zero attached hydrogens (tertiary/aromatic N) is 1. The van der Waals surface area contributed by atoms with Gasteiger partial charge < -0.3 is 29.1 Å². The number of quaternary nitrogens is 1. The van der Waals surface area contributed by atoms with E-state index in [9.17, 15) is 14.6 Å². The van der Waals surface area contributed by atoms with Crippen molar-refractivity contribution in [3.8, 4) is 11.5 Å². The highest BCUT2D eigenvalue weighted by Crippen LogP contribution is 2.39. The van der Waals surface area contributed by atoms with Crippen LogP contribution in [0, 0.1) is 0 Å². The van der Waals surface area contributed by atoms with Gasteiger partial charge in [-0.05, 0) is 37.0 Å². The normalized spacial score (nSPS) is 30.7. The highest BCUT2D eigenvalue weighted by atomic mass is 31.2. The number of phosphoric acid groups is 1. The van der Waals surface area contributed by atoms with Gasteiger partial charge in [0.05, 0.1) is 27.4 Å². The van der Waals surface area contributed by atoms with Gasteiger partial charge in [0.25, 0.3) is 7.82 Å². The second kappa shape index (κ2) is 10.6. The topological polar surface area (TPSA) is 118 Å². The fourth-order valence-corrected chi connectivity index (χ4v) is 5.35. The Kier molecular flexibility index (Phi) is 8.37. The van der Waals surface area contributed by atoms with Crippen molar-refractivity contribution in [2.75, 3.05) is 40.6 Å². The van der Waals surface area contributed by atoms with E-state index in [2.05, 4.69) is 0 Å². The Hall–Kier alpha value is -1.19. The maximum atomic E-state index is 11.2. The number of ether oxygens (including phenoxy) is 3. The SMILES string of the molecule is COc1ccc(CCO[C@@H]2CCCC[C@H]2[N@+]2(COP(=O)([O-])O)CC[C@H](O)C2)cc1OC. The van der Waals surface area contributed by atoms with Gasteiger partial charge >= 0.3 is 0 Å². The van der Waals surface area contributed by atoms with E-state index in [0.717, 1.165) is 31.2 Å². The first-order valence-electron chi connectivity index (χ1n) is 10.8. The van der Waals surface area contributed by atoms with E-state index in [-0.39, 0.29) is 18.9 Å². The molecule has 10 heteroatoms. The molecule has 1 unspecified atom stereocenters. The molecule has 1 saturated heterocycles. The van der Waals surface area contributed by atoms with Crippen molar-refractivity contribution in [1.82, 2.24) is 0 Å². The number of methoxy groups -OCH3 is 2. The maximum Gasteiger partial charge on any atom is 0.269 e. The summed E-state index contributed by atoms with van der Waals surface area (Å²) in [7, 11) is -1.63. The smallest absolute Gasteiger partial charge is 0.269 e. The third-order valence-corrected chi connectivity index (χ3v) is 6.94. The van der Waals surface area contributed by atoms with E-state index in [1.807, 2.05) is 18.2 Å². The minimum absolute atomic E-state index is 0.0165. The number of aliphatic hydroxyl groups is 1. The zero-order valence-corrected chi connectivity index (χ0v) is 19.2. The minimum atomic E-state index is -4.84. The largest absolute Gasteiger partial charge is 0.756 e. The van der Waals surface area contributed by atoms with Crippen LogP contribution < -0.4 is 14.4 Å². The van der Waals surface area contributed by atoms with Crippen LogP contribution in [-0.2, 0) is 20.2 Å². The molecule has 1 aromatic rings. The molecule has 176 valence electrons. The van der Waals surface area contributed by atoms with E-state index >= 15 is 0 Å². The number of hydrogen-bond acceptors (Lipinski definition) is 7. The first-order chi connectivity index (χ1) is 14.8. The summed E-state index contributed by atoms with van der Waals surface area (Å²) in [4.78, 5) is 20.4. The van der Waals surface area contributed by atoms with Crippen LogP contribution in [-0.4, -0.2) is 73.4 Å². The van der Waals surface area contributed by atoms with Crippen molar-refractivity contribution in [3.05, 3.63) is 23.8 Å². The van der Waals surface area contributed by atoms with Gasteiger partial charge in [0.2, 0.25) is 0 Å². The molecule has 1 aromatic carbocycles. The molecule has 0 amide bonds. The lowest BCUT2D eigenvalue weighted by Gasteiger charge is -2.46. The third kappa shape index (κ3) is 6.42. The highest BCUT2D eigenvalue weighted by molar-refractivity contribution is 7.44. The Bertz CT molecular complexity index is 772. The van der Waals surface area contributed by atoms with Gasteiger partial charge in [-0.3, -0.25) is 13.6 Å². The van der Waals surface area contributed by atoms with Gasteiger partial charge in [0, 0.05) is 12.8 Å². The van der Waals surface area contributed by atoms with Crippen LogP contribution in [0.1, 0.15) is 37.7 Å². The van der Waals surface area contributed by atoms with Crippen LogP contribution in [0.5, 0.6) is 11.5 Å². The molecule has 31 heavy (non-hydrogen) atoms. The predicted molar refractivity (Wildman–Crippen MR) is 112 cm³/mol. The molecule has 2 fully saturated rings. The Labute approximate surface area is 183 Å². The molecule has 1 aliphatic heterocycles. The summed E-state index contributed by atoms with van der Waals surface area (Å²) < 4.78 is 33.3. The number of hydrogen-bond donors (Lipinski definition) is 2. The molecule has 3 rings (SSSR count). The molecule has 2 N–H and O–H groups in total. The van der Waals surface area contributed by atoms with E-state index in [0.29, 0.717) is 48.5 Å². The Morgan fingerprint density at radius 1 is 1.16 bits per heavy atom. The number of benzene rings is 1. The van der Waals surface area contributed by atoms with Gasteiger partial charge in [0.1, 0.15) is 24.8 Å². The summed E-state index contributed by atoms with van der Waals surface area (Å²) in [6.07, 6.45) is 4.51. The van der Waals surface area contributed by atoms with Crippen LogP contribution >= 0.6 is 7.82 Å². The lowest BCUT2D eigenvalue weighted by molar-refractivity contribution is -0.960. The average molecular weight is 459 g/mol. The monoisotopic (exact) mass is 459 g/mol. The molecule has 9 nitrogen and oxygen atoms in total. The van der Waals surface area contributed by atoms with Crippen molar-refractivity contribution in [1.29, 1.82) is 0 Å². The summed E-state index contributed by atoms with van der Waals surface area (Å²) in [6.45, 7) is 1.34. The minimum Gasteiger partial charge on any atom is -0.756 e. The summed E-state index contributed by atoms with van der Waals surface area (Å²) in [5.41, 5.74) is 1.07. The third-order valence-electron chi connectivity index (χ3n) is 6.50. The van der Waals surface area contributed by atoms with Crippen molar-refractivity contribution < 1.29 is 42.7 Å². The number of phosphoric ester groups is 1. The molecule has 0 spiro atoms. The Balaban J connectivity index is 1.66. The van der Waals surface area contributed by atoms with E-state index in [1.54, 1.807) is 14.2 Å². The fraction of sp³-hybridized carbons (Fsp3) is 0.714. The molecule has 5 atom stereocenters. The van der Waals surface area contributed by atoms with Crippen molar-refractivity contribution in [3.63, 3.8) is 0 Å². The first kappa shape index (κ1) is 24.5. The summed E-state index contributed by atoms with van der Waals surface area (Å²) >= 11 is 0. The van der Waals surface area contributed by atoms with Crippen LogP contribution in [0.2, 0.25) is 0 Å². The van der Waals surface area contributed by atoms with Crippen LogP contribution in [0.4, 0.5) is 0 Å². The number of rotatable bonds is 10. The Morgan fingerprint density at radius 2 is 1.90 bits per heavy atom. The lowest BCUT2D eigenvalue weighted by atomic mass is 9.89. The first-order valence-corrected chi connectivity index (χ1v) is 12.3. The summed E-state index contributed by atoms with van der Waals surface area (Å²) in [6, 6.07) is 5.81. The molecule has 0 aromatic heterocycles. The second-order valence-corrected chi connectivity index (χ2v) is 9.69. The molecular weight excluding hydrogens is 425 g/mol. The van der Waals surface area contributed by atoms with Gasteiger partial charge in [-0.25, -0.2) is 0 Å². The quantitative estimate of drug-likeness (QED) is 0.400. The van der Waals surface area contributed by atoms with Crippen LogP contribution in [0.3, 0.4) is 0 Å². The molecule has 1 saturated carbocycles. The molecule has 2 aliphatic rings. The highest BCUT2D eigenvalue weighted by Gasteiger charge is 2.48. The molecular formula is C21H34NO8P. The standard InChI is InChI=1S/C21H34NO8P/c1-27-20-8-7-16(13-21(20)28-2)10-12-29-19-6-4-3-5-18(19)22(11-9-17(23)14-22)15-30-31(24,25)26/h7-8,13,17-19,23H,3-6,9-12,14-15H2,1-2H3,(H-,24,25,26)/t17-,18+,19+,22+/m0/s1. The summed E-state index contributed by atoms with van der Waals surface area (Å²) in [5.74, 6) is 1.35. The zero-order chi connectivity index (χ0) is 22.5. The van der Waals surface area contributed by atoms with Gasteiger partial charge in [-0.2, -0.15) is 0 Å². The van der Waals surface area contributed by atoms with E-state index in [4.69, 9.17) is 23.6 Å². The predicted octanol–water partition coefficient (Wildman–Crippen LogP) is 1.59. The van der Waals surface area contributed by atoms with Crippen molar-refractivity contribution in [2.45, 2.75) is 56.8 Å². The fourth-order valence-electron chi connectivity index (χ4n) is 4.97.